The molecule has 156 valence electrons. The van der Waals surface area contributed by atoms with Gasteiger partial charge in [0.05, 0.1) is 7.11 Å². The largest absolute Gasteiger partial charge is 0.493 e. The quantitative estimate of drug-likeness (QED) is 0.335. The summed E-state index contributed by atoms with van der Waals surface area (Å²) in [5.41, 5.74) is 4.22. The lowest BCUT2D eigenvalue weighted by atomic mass is 10.1. The minimum Gasteiger partial charge on any atom is -0.493 e. The Morgan fingerprint density at radius 1 is 0.931 bits per heavy atom. The van der Waals surface area contributed by atoms with Gasteiger partial charge in [0.2, 0.25) is 0 Å². The number of hydrogen-bond acceptors (Lipinski definition) is 4. The van der Waals surface area contributed by atoms with Gasteiger partial charge in [-0.15, -0.1) is 0 Å². The molecule has 1 heterocycles. The van der Waals surface area contributed by atoms with Crippen molar-refractivity contribution in [1.82, 2.24) is 0 Å². The molecule has 0 aliphatic rings. The molecule has 2 aromatic rings. The zero-order valence-electron chi connectivity index (χ0n) is 18.2. The summed E-state index contributed by atoms with van der Waals surface area (Å²) in [6, 6.07) is 6.64. The van der Waals surface area contributed by atoms with E-state index in [0.717, 1.165) is 31.1 Å². The van der Waals surface area contributed by atoms with Crippen LogP contribution >= 0.6 is 0 Å². The Morgan fingerprint density at radius 2 is 1.62 bits per heavy atom. The molecule has 1 aromatic heterocycles. The van der Waals surface area contributed by atoms with E-state index in [9.17, 15) is 4.79 Å². The van der Waals surface area contributed by atoms with Crippen LogP contribution in [-0.2, 0) is 0 Å². The summed E-state index contributed by atoms with van der Waals surface area (Å²) in [5.74, 6) is 1.18. The van der Waals surface area contributed by atoms with Crippen LogP contribution < -0.4 is 15.1 Å². The normalized spacial score (nSPS) is 12.2. The first-order chi connectivity index (χ1) is 13.9. The summed E-state index contributed by atoms with van der Waals surface area (Å²) in [4.78, 5) is 11.4. The van der Waals surface area contributed by atoms with Crippen molar-refractivity contribution in [2.75, 3.05) is 13.7 Å². The fourth-order valence-electron chi connectivity index (χ4n) is 2.96. The molecule has 0 radical (unpaired) electrons. The Hall–Kier alpha value is -2.75. The first-order valence-corrected chi connectivity index (χ1v) is 10.1. The van der Waals surface area contributed by atoms with Gasteiger partial charge in [0.15, 0.2) is 11.5 Å². The molecule has 0 saturated carbocycles. The maximum absolute atomic E-state index is 11.4. The number of hydrogen-bond donors (Lipinski definition) is 0. The van der Waals surface area contributed by atoms with Crippen LogP contribution in [-0.4, -0.2) is 13.7 Å². The number of methoxy groups -OCH3 is 1. The zero-order valence-corrected chi connectivity index (χ0v) is 18.2. The van der Waals surface area contributed by atoms with Crippen LogP contribution in [0.3, 0.4) is 0 Å². The lowest BCUT2D eigenvalue weighted by Gasteiger charge is -2.10. The Morgan fingerprint density at radius 3 is 2.31 bits per heavy atom. The third-order valence-corrected chi connectivity index (χ3v) is 4.70. The third kappa shape index (κ3) is 7.65. The molecule has 4 heteroatoms. The number of benzene rings is 1. The topological polar surface area (TPSA) is 48.7 Å². The molecule has 0 atom stereocenters. The Bertz CT molecular complexity index is 956. The van der Waals surface area contributed by atoms with Crippen LogP contribution in [0, 0.1) is 0 Å². The highest BCUT2D eigenvalue weighted by molar-refractivity contribution is 5.80. The van der Waals surface area contributed by atoms with Crippen molar-refractivity contribution in [1.29, 1.82) is 0 Å². The van der Waals surface area contributed by atoms with Crippen LogP contribution in [0.4, 0.5) is 0 Å². The van der Waals surface area contributed by atoms with E-state index >= 15 is 0 Å². The number of rotatable bonds is 10. The van der Waals surface area contributed by atoms with E-state index in [4.69, 9.17) is 13.9 Å². The Labute approximate surface area is 173 Å². The molecule has 4 nitrogen and oxygen atoms in total. The molecule has 29 heavy (non-hydrogen) atoms. The molecular weight excluding hydrogens is 364 g/mol. The maximum Gasteiger partial charge on any atom is 0.336 e. The molecule has 0 aliphatic heterocycles. The van der Waals surface area contributed by atoms with E-state index in [1.54, 1.807) is 19.2 Å². The molecule has 0 fully saturated rings. The van der Waals surface area contributed by atoms with Crippen molar-refractivity contribution in [3.8, 4) is 11.5 Å². The van der Waals surface area contributed by atoms with Crippen LogP contribution in [0.15, 0.2) is 68.4 Å². The van der Waals surface area contributed by atoms with Gasteiger partial charge in [0.1, 0.15) is 12.2 Å². The number of fused-ring (bicyclic) bond motifs is 1. The molecule has 2 rings (SSSR count). The summed E-state index contributed by atoms with van der Waals surface area (Å²) >= 11 is 0. The molecule has 0 amide bonds. The highest BCUT2D eigenvalue weighted by Gasteiger charge is 2.08. The molecule has 0 bridgehead atoms. The Balaban J connectivity index is 1.89. The van der Waals surface area contributed by atoms with E-state index in [2.05, 4.69) is 45.9 Å². The predicted octanol–water partition coefficient (Wildman–Crippen LogP) is 6.60. The highest BCUT2D eigenvalue weighted by Crippen LogP contribution is 2.31. The van der Waals surface area contributed by atoms with E-state index in [1.807, 2.05) is 6.07 Å². The smallest absolute Gasteiger partial charge is 0.336 e. The molecule has 1 aromatic carbocycles. The fraction of sp³-hybridized carbons (Fsp3) is 0.400. The minimum absolute atomic E-state index is 0.381. The molecular formula is C25H32O4. The van der Waals surface area contributed by atoms with Crippen molar-refractivity contribution in [3.63, 3.8) is 0 Å². The number of ether oxygens (including phenoxy) is 2. The highest BCUT2D eigenvalue weighted by atomic mass is 16.5. The predicted molar refractivity (Wildman–Crippen MR) is 120 cm³/mol. The van der Waals surface area contributed by atoms with Crippen LogP contribution in [0.2, 0.25) is 0 Å². The van der Waals surface area contributed by atoms with Gasteiger partial charge in [0.25, 0.3) is 0 Å². The van der Waals surface area contributed by atoms with Gasteiger partial charge >= 0.3 is 5.63 Å². The summed E-state index contributed by atoms with van der Waals surface area (Å²) in [6.45, 7) is 9.08. The molecule has 0 spiro atoms. The van der Waals surface area contributed by atoms with Gasteiger partial charge in [0, 0.05) is 17.5 Å². The first kappa shape index (κ1) is 22.5. The minimum atomic E-state index is -0.381. The Kier molecular flexibility index (Phi) is 8.78. The molecule has 0 N–H and O–H groups in total. The standard InChI is InChI=1S/C25H32O4/c1-18(2)8-6-9-19(3)10-7-11-20(4)14-15-28-24-16-21-12-13-25(26)29-22(21)17-23(24)27-5/h8,10,12-14,16-17H,6-7,9,11,15H2,1-5H3/b19-10+,20-14+. The third-order valence-electron chi connectivity index (χ3n) is 4.70. The van der Waals surface area contributed by atoms with Crippen molar-refractivity contribution in [2.24, 2.45) is 0 Å². The lowest BCUT2D eigenvalue weighted by molar-refractivity contribution is 0.325. The fourth-order valence-corrected chi connectivity index (χ4v) is 2.96. The van der Waals surface area contributed by atoms with Gasteiger partial charge < -0.3 is 13.9 Å². The molecule has 0 aliphatic carbocycles. The average Bonchev–Trinajstić information content (AvgIpc) is 2.67. The van der Waals surface area contributed by atoms with Gasteiger partial charge in [-0.05, 0) is 71.6 Å². The number of allylic oxidation sites excluding steroid dienone is 5. The van der Waals surface area contributed by atoms with E-state index < -0.39 is 0 Å². The summed E-state index contributed by atoms with van der Waals surface area (Å²) in [6.07, 6.45) is 11.0. The van der Waals surface area contributed by atoms with Gasteiger partial charge in [-0.1, -0.05) is 28.9 Å². The maximum atomic E-state index is 11.4. The van der Waals surface area contributed by atoms with Crippen LogP contribution in [0.25, 0.3) is 11.0 Å². The van der Waals surface area contributed by atoms with E-state index in [-0.39, 0.29) is 5.63 Å². The second-order valence-electron chi connectivity index (χ2n) is 7.57. The van der Waals surface area contributed by atoms with Gasteiger partial charge in [-0.25, -0.2) is 4.79 Å². The van der Waals surface area contributed by atoms with E-state index in [0.29, 0.717) is 23.7 Å². The van der Waals surface area contributed by atoms with Gasteiger partial charge in [-0.2, -0.15) is 0 Å². The average molecular weight is 397 g/mol. The van der Waals surface area contributed by atoms with Gasteiger partial charge in [-0.3, -0.25) is 0 Å². The van der Waals surface area contributed by atoms with Crippen molar-refractivity contribution in [3.05, 3.63) is 69.6 Å². The SMILES string of the molecule is COc1cc2oc(=O)ccc2cc1OC/C=C(\C)CC/C=C(\C)CCC=C(C)C. The van der Waals surface area contributed by atoms with Crippen molar-refractivity contribution in [2.45, 2.75) is 53.4 Å². The van der Waals surface area contributed by atoms with Crippen molar-refractivity contribution >= 4 is 11.0 Å². The second-order valence-corrected chi connectivity index (χ2v) is 7.57. The summed E-state index contributed by atoms with van der Waals surface area (Å²) in [7, 11) is 1.57. The first-order valence-electron chi connectivity index (χ1n) is 10.1. The van der Waals surface area contributed by atoms with Crippen LogP contribution in [0.5, 0.6) is 11.5 Å². The summed E-state index contributed by atoms with van der Waals surface area (Å²) in [5, 5.41) is 0.801. The summed E-state index contributed by atoms with van der Waals surface area (Å²) < 4.78 is 16.5. The zero-order chi connectivity index (χ0) is 21.2. The lowest BCUT2D eigenvalue weighted by Crippen LogP contribution is -1.99. The van der Waals surface area contributed by atoms with Crippen molar-refractivity contribution < 1.29 is 13.9 Å². The second kappa shape index (κ2) is 11.3. The molecule has 0 saturated heterocycles. The van der Waals surface area contributed by atoms with Crippen LogP contribution in [0.1, 0.15) is 53.4 Å². The molecule has 0 unspecified atom stereocenters. The van der Waals surface area contributed by atoms with E-state index in [1.165, 1.54) is 22.8 Å². The monoisotopic (exact) mass is 396 g/mol.